The number of cyclic esters (lactones) is 4. The van der Waals surface area contributed by atoms with E-state index < -0.39 is 11.9 Å². The van der Waals surface area contributed by atoms with Crippen LogP contribution in [0.3, 0.4) is 0 Å². The van der Waals surface area contributed by atoms with Crippen molar-refractivity contribution in [3.05, 3.63) is 21.8 Å². The van der Waals surface area contributed by atoms with Crippen LogP contribution in [0.5, 0.6) is 0 Å². The van der Waals surface area contributed by atoms with Crippen LogP contribution in [0, 0.1) is 11.8 Å². The molecule has 0 aromatic rings. The minimum atomic E-state index is -0.392. The summed E-state index contributed by atoms with van der Waals surface area (Å²) in [5.74, 6) is -2.22. The molecule has 0 aromatic carbocycles. The molecule has 49 heavy (non-hydrogen) atoms. The van der Waals surface area contributed by atoms with Gasteiger partial charge in [-0.1, -0.05) is 186 Å². The first-order chi connectivity index (χ1) is 23.9. The topological polar surface area (TPSA) is 86.7 Å². The van der Waals surface area contributed by atoms with Gasteiger partial charge in [-0.15, -0.1) is 0 Å². The Labute approximate surface area is 313 Å². The predicted octanol–water partition coefficient (Wildman–Crippen LogP) is 13.0. The zero-order valence-corrected chi connectivity index (χ0v) is 33.6. The molecular weight excluding hydrogens is 727 g/mol. The quantitative estimate of drug-likeness (QED) is 0.0236. The van der Waals surface area contributed by atoms with Gasteiger partial charge in [0.05, 0.1) is 24.7 Å². The van der Waals surface area contributed by atoms with Crippen molar-refractivity contribution in [2.24, 2.45) is 11.8 Å². The second-order valence-electron chi connectivity index (χ2n) is 14.2. The van der Waals surface area contributed by atoms with Gasteiger partial charge in [0.1, 0.15) is 0 Å². The van der Waals surface area contributed by atoms with Crippen molar-refractivity contribution < 1.29 is 28.7 Å². The zero-order valence-electron chi connectivity index (χ0n) is 31.4. The number of hydrogen-bond donors (Lipinski definition) is 0. The summed E-state index contributed by atoms with van der Waals surface area (Å²) < 4.78 is 10.1. The summed E-state index contributed by atoms with van der Waals surface area (Å²) in [6, 6.07) is 0. The maximum Gasteiger partial charge on any atom is 0.322 e. The first kappa shape index (κ1) is 45.5. The number of halogens is 1. The van der Waals surface area contributed by atoms with Crippen molar-refractivity contribution in [1.82, 2.24) is 0 Å². The molecule has 0 amide bonds. The molecule has 282 valence electrons. The molecule has 2 atom stereocenters. The summed E-state index contributed by atoms with van der Waals surface area (Å²) in [7, 11) is 0. The summed E-state index contributed by atoms with van der Waals surface area (Å²) in [5.41, 5.74) is 0. The molecule has 0 aliphatic carbocycles. The van der Waals surface area contributed by atoms with Gasteiger partial charge in [0.25, 0.3) is 0 Å². The summed E-state index contributed by atoms with van der Waals surface area (Å²) in [6.07, 6.45) is 43.8. The molecule has 0 bridgehead atoms. The van der Waals surface area contributed by atoms with E-state index in [4.69, 9.17) is 0 Å². The molecule has 2 heterocycles. The molecule has 2 saturated heterocycles. The molecule has 2 fully saturated rings. The van der Waals surface area contributed by atoms with Gasteiger partial charge >= 0.3 is 23.9 Å². The Morgan fingerprint density at radius 2 is 0.898 bits per heavy atom. The maximum atomic E-state index is 11.5. The van der Waals surface area contributed by atoms with E-state index >= 15 is 0 Å². The smallest absolute Gasteiger partial charge is 0.322 e. The Kier molecular flexibility index (Phi) is 30.1. The van der Waals surface area contributed by atoms with E-state index in [0.717, 1.165) is 16.4 Å². The van der Waals surface area contributed by atoms with Gasteiger partial charge in [-0.3, -0.25) is 19.2 Å². The molecule has 2 aliphatic heterocycles. The maximum absolute atomic E-state index is 11.5. The summed E-state index contributed by atoms with van der Waals surface area (Å²) in [4.78, 5) is 44.8. The van der Waals surface area contributed by atoms with E-state index in [9.17, 15) is 19.2 Å². The van der Waals surface area contributed by atoms with Gasteiger partial charge in [0.2, 0.25) is 0 Å². The van der Waals surface area contributed by atoms with Crippen molar-refractivity contribution in [1.29, 1.82) is 0 Å². The number of rotatable bonds is 30. The lowest BCUT2D eigenvalue weighted by atomic mass is 10.0. The third-order valence-electron chi connectivity index (χ3n) is 9.60. The van der Waals surface area contributed by atoms with Crippen LogP contribution in [0.4, 0.5) is 0 Å². The summed E-state index contributed by atoms with van der Waals surface area (Å²) >= 11 is 2.17. The second-order valence-corrected chi connectivity index (χ2v) is 15.5. The lowest BCUT2D eigenvalue weighted by Gasteiger charge is -2.04. The van der Waals surface area contributed by atoms with Gasteiger partial charge in [0, 0.05) is 3.58 Å². The fourth-order valence-corrected chi connectivity index (χ4v) is 7.19. The predicted molar refractivity (Wildman–Crippen MR) is 210 cm³/mol. The number of hydrogen-bond acceptors (Lipinski definition) is 6. The van der Waals surface area contributed by atoms with Crippen LogP contribution >= 0.6 is 22.6 Å². The highest BCUT2D eigenvalue weighted by atomic mass is 127. The second kappa shape index (κ2) is 32.4. The molecule has 2 rings (SSSR count). The number of carbonyl (C=O) groups is 4. The van der Waals surface area contributed by atoms with Gasteiger partial charge in [0.15, 0.2) is 0 Å². The Hall–Kier alpha value is -1.51. The van der Waals surface area contributed by atoms with Gasteiger partial charge in [-0.05, 0) is 48.3 Å². The SMILES string of the molecule is CCCCCCCCCCCCCCC=C(I)C1CC(=O)OC1=O.CCCCCCCCCCCCCCCCC=CC1CC(=O)OC1=O. The number of unbranched alkanes of at least 4 members (excludes halogenated alkanes) is 26. The lowest BCUT2D eigenvalue weighted by Crippen LogP contribution is -2.07. The van der Waals surface area contributed by atoms with Crippen LogP contribution < -0.4 is 0 Å². The van der Waals surface area contributed by atoms with Crippen molar-refractivity contribution >= 4 is 46.5 Å². The van der Waals surface area contributed by atoms with Crippen molar-refractivity contribution in [3.63, 3.8) is 0 Å². The fourth-order valence-electron chi connectivity index (χ4n) is 6.41. The van der Waals surface area contributed by atoms with E-state index in [0.29, 0.717) is 0 Å². The molecule has 2 aliphatic rings. The van der Waals surface area contributed by atoms with E-state index in [1.165, 1.54) is 167 Å². The van der Waals surface area contributed by atoms with Gasteiger partial charge < -0.3 is 9.47 Å². The fraction of sp³-hybridized carbons (Fsp3) is 0.810. The number of carbonyl (C=O) groups excluding carboxylic acids is 4. The highest BCUT2D eigenvalue weighted by Crippen LogP contribution is 2.29. The Bertz CT molecular complexity index is 941. The van der Waals surface area contributed by atoms with Crippen LogP contribution in [-0.2, 0) is 28.7 Å². The van der Waals surface area contributed by atoms with Crippen LogP contribution in [0.1, 0.15) is 206 Å². The van der Waals surface area contributed by atoms with E-state index in [2.05, 4.69) is 52.0 Å². The molecule has 0 N–H and O–H groups in total. The lowest BCUT2D eigenvalue weighted by molar-refractivity contribution is -0.154. The molecule has 0 saturated carbocycles. The zero-order chi connectivity index (χ0) is 35.8. The first-order valence-electron chi connectivity index (χ1n) is 20.4. The van der Waals surface area contributed by atoms with Crippen LogP contribution in [0.25, 0.3) is 0 Å². The minimum absolute atomic E-state index is 0.214. The summed E-state index contributed by atoms with van der Waals surface area (Å²) in [6.45, 7) is 4.54. The Morgan fingerprint density at radius 3 is 1.27 bits per heavy atom. The van der Waals surface area contributed by atoms with Crippen LogP contribution in [0.15, 0.2) is 21.8 Å². The Balaban J connectivity index is 0.000000490. The monoisotopic (exact) mass is 798 g/mol. The van der Waals surface area contributed by atoms with Crippen LogP contribution in [-0.4, -0.2) is 23.9 Å². The van der Waals surface area contributed by atoms with E-state index in [1.54, 1.807) is 0 Å². The van der Waals surface area contributed by atoms with E-state index in [-0.39, 0.29) is 36.6 Å². The average Bonchev–Trinajstić information content (AvgIpc) is 3.60. The van der Waals surface area contributed by atoms with Crippen molar-refractivity contribution in [3.8, 4) is 0 Å². The van der Waals surface area contributed by atoms with Gasteiger partial charge in [-0.25, -0.2) is 0 Å². The number of esters is 4. The average molecular weight is 799 g/mol. The number of ether oxygens (including phenoxy) is 2. The highest BCUT2D eigenvalue weighted by molar-refractivity contribution is 14.1. The highest BCUT2D eigenvalue weighted by Gasteiger charge is 2.35. The first-order valence-corrected chi connectivity index (χ1v) is 21.5. The standard InChI is InChI=1S/C22H38O3.C20H33IO3/c1-2-3-4-5-6-7-8-9-10-11-12-13-14-15-16-17-18-20-19-21(23)25-22(20)24;1-2-3-4-5-6-7-8-9-10-11-12-13-14-15-18(21)17-16-19(22)24-20(17)23/h17-18,20H,2-16,19H2,1H3;15,17H,2-14,16H2,1H3. The molecule has 0 aromatic heterocycles. The van der Waals surface area contributed by atoms with Gasteiger partial charge in [-0.2, -0.15) is 0 Å². The molecule has 7 heteroatoms. The Morgan fingerprint density at radius 1 is 0.531 bits per heavy atom. The molecule has 6 nitrogen and oxygen atoms in total. The minimum Gasteiger partial charge on any atom is -0.393 e. The largest absolute Gasteiger partial charge is 0.393 e. The van der Waals surface area contributed by atoms with Crippen LogP contribution in [0.2, 0.25) is 0 Å². The third-order valence-corrected chi connectivity index (χ3v) is 10.8. The molecule has 0 radical (unpaired) electrons. The number of allylic oxidation sites excluding steroid dienone is 2. The van der Waals surface area contributed by atoms with E-state index in [1.807, 2.05) is 12.2 Å². The van der Waals surface area contributed by atoms with Crippen molar-refractivity contribution in [2.45, 2.75) is 206 Å². The molecule has 0 spiro atoms. The molecular formula is C42H71IO6. The molecule has 2 unspecified atom stereocenters. The normalized spacial score (nSPS) is 17.9. The van der Waals surface area contributed by atoms with Crippen molar-refractivity contribution in [2.75, 3.05) is 0 Å². The summed E-state index contributed by atoms with van der Waals surface area (Å²) in [5, 5.41) is 0. The third kappa shape index (κ3) is 26.0.